The lowest BCUT2D eigenvalue weighted by Gasteiger charge is -2.18. The molecular weight excluding hydrogens is 328 g/mol. The molecule has 2 aromatic carbocycles. The number of likely N-dealkylation sites (N-methyl/N-ethyl adjacent to an activating group) is 1. The molecule has 0 aliphatic carbocycles. The third kappa shape index (κ3) is 4.80. The van der Waals surface area contributed by atoms with Gasteiger partial charge in [0.1, 0.15) is 0 Å². The molecular formula is C18H21ClN2O3. The molecule has 0 spiro atoms. The van der Waals surface area contributed by atoms with Crippen LogP contribution in [0.5, 0.6) is 11.5 Å². The van der Waals surface area contributed by atoms with Crippen LogP contribution in [0, 0.1) is 0 Å². The van der Waals surface area contributed by atoms with Gasteiger partial charge in [0.25, 0.3) is 0 Å². The van der Waals surface area contributed by atoms with Crippen LogP contribution in [0.2, 0.25) is 5.02 Å². The first-order chi connectivity index (χ1) is 11.5. The number of halogens is 1. The monoisotopic (exact) mass is 348 g/mol. The number of nitrogens with one attached hydrogen (secondary N) is 1. The van der Waals surface area contributed by atoms with Gasteiger partial charge in [0, 0.05) is 24.3 Å². The molecule has 0 aromatic heterocycles. The molecule has 0 heterocycles. The number of urea groups is 1. The molecule has 0 unspecified atom stereocenters. The van der Waals surface area contributed by atoms with Gasteiger partial charge in [-0.15, -0.1) is 0 Å². The van der Waals surface area contributed by atoms with Gasteiger partial charge in [-0.05, 0) is 48.4 Å². The first-order valence-corrected chi connectivity index (χ1v) is 7.90. The van der Waals surface area contributed by atoms with Crippen molar-refractivity contribution in [2.45, 2.75) is 6.42 Å². The summed E-state index contributed by atoms with van der Waals surface area (Å²) in [5.74, 6) is 1.37. The molecule has 5 nitrogen and oxygen atoms in total. The van der Waals surface area contributed by atoms with Gasteiger partial charge in [-0.1, -0.05) is 17.7 Å². The van der Waals surface area contributed by atoms with E-state index in [1.165, 1.54) is 0 Å². The van der Waals surface area contributed by atoms with Gasteiger partial charge in [0.05, 0.1) is 14.2 Å². The van der Waals surface area contributed by atoms with Crippen LogP contribution in [0.3, 0.4) is 0 Å². The Bertz CT molecular complexity index is 689. The summed E-state index contributed by atoms with van der Waals surface area (Å²) in [6.45, 7) is 0.578. The Morgan fingerprint density at radius 3 is 2.38 bits per heavy atom. The van der Waals surface area contributed by atoms with Crippen molar-refractivity contribution >= 4 is 23.3 Å². The molecule has 0 aliphatic heterocycles. The van der Waals surface area contributed by atoms with Crippen molar-refractivity contribution in [3.05, 3.63) is 53.1 Å². The van der Waals surface area contributed by atoms with Crippen molar-refractivity contribution in [3.8, 4) is 11.5 Å². The number of hydrogen-bond donors (Lipinski definition) is 1. The van der Waals surface area contributed by atoms with Crippen LogP contribution in [-0.4, -0.2) is 38.7 Å². The van der Waals surface area contributed by atoms with Crippen molar-refractivity contribution < 1.29 is 14.3 Å². The minimum Gasteiger partial charge on any atom is -0.493 e. The zero-order valence-corrected chi connectivity index (χ0v) is 14.8. The fourth-order valence-corrected chi connectivity index (χ4v) is 2.31. The third-order valence-electron chi connectivity index (χ3n) is 3.63. The maximum absolute atomic E-state index is 12.2. The summed E-state index contributed by atoms with van der Waals surface area (Å²) in [7, 11) is 4.96. The Morgan fingerprint density at radius 2 is 1.75 bits per heavy atom. The molecule has 2 rings (SSSR count). The van der Waals surface area contributed by atoms with Crippen LogP contribution in [-0.2, 0) is 6.42 Å². The fourth-order valence-electron chi connectivity index (χ4n) is 2.19. The van der Waals surface area contributed by atoms with Crippen LogP contribution >= 0.6 is 11.6 Å². The second-order valence-electron chi connectivity index (χ2n) is 5.30. The Labute approximate surface area is 147 Å². The van der Waals surface area contributed by atoms with E-state index in [2.05, 4.69) is 5.32 Å². The van der Waals surface area contributed by atoms with Crippen molar-refractivity contribution in [2.75, 3.05) is 33.1 Å². The lowest BCUT2D eigenvalue weighted by Crippen LogP contribution is -2.32. The van der Waals surface area contributed by atoms with Crippen LogP contribution in [0.15, 0.2) is 42.5 Å². The first-order valence-electron chi connectivity index (χ1n) is 7.52. The Kier molecular flexibility index (Phi) is 6.32. The molecule has 1 N–H and O–H groups in total. The maximum atomic E-state index is 12.2. The number of ether oxygens (including phenoxy) is 2. The summed E-state index contributed by atoms with van der Waals surface area (Å²) in [4.78, 5) is 13.8. The number of methoxy groups -OCH3 is 2. The van der Waals surface area contributed by atoms with E-state index < -0.39 is 0 Å². The molecule has 0 saturated carbocycles. The molecule has 2 amide bonds. The zero-order chi connectivity index (χ0) is 17.5. The van der Waals surface area contributed by atoms with Gasteiger partial charge in [-0.2, -0.15) is 0 Å². The third-order valence-corrected chi connectivity index (χ3v) is 3.88. The lowest BCUT2D eigenvalue weighted by molar-refractivity contribution is 0.223. The van der Waals surface area contributed by atoms with Crippen LogP contribution < -0.4 is 14.8 Å². The molecule has 0 aliphatic rings. The highest BCUT2D eigenvalue weighted by Gasteiger charge is 2.10. The van der Waals surface area contributed by atoms with E-state index in [0.29, 0.717) is 35.2 Å². The second-order valence-corrected chi connectivity index (χ2v) is 5.73. The van der Waals surface area contributed by atoms with Crippen molar-refractivity contribution in [1.82, 2.24) is 4.90 Å². The summed E-state index contributed by atoms with van der Waals surface area (Å²) < 4.78 is 10.5. The average molecular weight is 349 g/mol. The van der Waals surface area contributed by atoms with E-state index in [9.17, 15) is 4.79 Å². The fraction of sp³-hybridized carbons (Fsp3) is 0.278. The molecule has 0 radical (unpaired) electrons. The molecule has 0 atom stereocenters. The SMILES string of the molecule is COc1ccc(CCN(C)C(=O)Nc2ccc(Cl)cc2)cc1OC. The Hall–Kier alpha value is -2.40. The predicted octanol–water partition coefficient (Wildman–Crippen LogP) is 4.06. The number of rotatable bonds is 6. The van der Waals surface area contributed by atoms with Crippen molar-refractivity contribution in [2.24, 2.45) is 0 Å². The molecule has 6 heteroatoms. The summed E-state index contributed by atoms with van der Waals surface area (Å²) in [6, 6.07) is 12.6. The Morgan fingerprint density at radius 1 is 1.08 bits per heavy atom. The normalized spacial score (nSPS) is 10.2. The quantitative estimate of drug-likeness (QED) is 0.856. The number of amides is 2. The van der Waals surface area contributed by atoms with E-state index in [0.717, 1.165) is 5.56 Å². The van der Waals surface area contributed by atoms with E-state index in [4.69, 9.17) is 21.1 Å². The van der Waals surface area contributed by atoms with E-state index >= 15 is 0 Å². The lowest BCUT2D eigenvalue weighted by atomic mass is 10.1. The van der Waals surface area contributed by atoms with Gasteiger partial charge in [-0.3, -0.25) is 0 Å². The van der Waals surface area contributed by atoms with Crippen molar-refractivity contribution in [1.29, 1.82) is 0 Å². The van der Waals surface area contributed by atoms with Gasteiger partial charge >= 0.3 is 6.03 Å². The predicted molar refractivity (Wildman–Crippen MR) is 96.4 cm³/mol. The first kappa shape index (κ1) is 17.9. The summed E-state index contributed by atoms with van der Waals surface area (Å²) in [5.41, 5.74) is 1.78. The largest absolute Gasteiger partial charge is 0.493 e. The summed E-state index contributed by atoms with van der Waals surface area (Å²) in [6.07, 6.45) is 0.713. The van der Waals surface area contributed by atoms with Gasteiger partial charge in [0.15, 0.2) is 11.5 Å². The average Bonchev–Trinajstić information content (AvgIpc) is 2.61. The van der Waals surface area contributed by atoms with Gasteiger partial charge < -0.3 is 19.7 Å². The maximum Gasteiger partial charge on any atom is 0.321 e. The van der Waals surface area contributed by atoms with Crippen LogP contribution in [0.1, 0.15) is 5.56 Å². The highest BCUT2D eigenvalue weighted by atomic mass is 35.5. The minimum atomic E-state index is -0.169. The highest BCUT2D eigenvalue weighted by Crippen LogP contribution is 2.27. The minimum absolute atomic E-state index is 0.169. The molecule has 24 heavy (non-hydrogen) atoms. The zero-order valence-electron chi connectivity index (χ0n) is 14.0. The second kappa shape index (κ2) is 8.45. The molecule has 0 fully saturated rings. The molecule has 0 bridgehead atoms. The number of hydrogen-bond acceptors (Lipinski definition) is 3. The number of benzene rings is 2. The van der Waals surface area contributed by atoms with E-state index in [1.807, 2.05) is 18.2 Å². The van der Waals surface area contributed by atoms with Gasteiger partial charge in [0.2, 0.25) is 0 Å². The van der Waals surface area contributed by atoms with E-state index in [-0.39, 0.29) is 6.03 Å². The number of carbonyl (C=O) groups excluding carboxylic acids is 1. The Balaban J connectivity index is 1.91. The summed E-state index contributed by atoms with van der Waals surface area (Å²) >= 11 is 5.83. The highest BCUT2D eigenvalue weighted by molar-refractivity contribution is 6.30. The van der Waals surface area contributed by atoms with Crippen LogP contribution in [0.4, 0.5) is 10.5 Å². The van der Waals surface area contributed by atoms with Crippen molar-refractivity contribution in [3.63, 3.8) is 0 Å². The topological polar surface area (TPSA) is 50.8 Å². The number of anilines is 1. The molecule has 2 aromatic rings. The molecule has 0 saturated heterocycles. The van der Waals surface area contributed by atoms with E-state index in [1.54, 1.807) is 50.4 Å². The van der Waals surface area contributed by atoms with Crippen LogP contribution in [0.25, 0.3) is 0 Å². The number of nitrogens with zero attached hydrogens (tertiary/aromatic N) is 1. The smallest absolute Gasteiger partial charge is 0.321 e. The van der Waals surface area contributed by atoms with Gasteiger partial charge in [-0.25, -0.2) is 4.79 Å². The standard InChI is InChI=1S/C18H21ClN2O3/c1-21(18(22)20-15-7-5-14(19)6-8-15)11-10-13-4-9-16(23-2)17(12-13)24-3/h4-9,12H,10-11H2,1-3H3,(H,20,22). The molecule has 128 valence electrons. The number of carbonyl (C=O) groups is 1. The summed E-state index contributed by atoms with van der Waals surface area (Å²) in [5, 5.41) is 3.46.